The molecule has 110 valence electrons. The molecule has 0 atom stereocenters. The van der Waals surface area contributed by atoms with Crippen LogP contribution >= 0.6 is 15.9 Å². The van der Waals surface area contributed by atoms with Crippen molar-refractivity contribution < 1.29 is 9.53 Å². The van der Waals surface area contributed by atoms with Crippen molar-refractivity contribution in [2.24, 2.45) is 0 Å². The van der Waals surface area contributed by atoms with E-state index in [0.29, 0.717) is 19.6 Å². The van der Waals surface area contributed by atoms with Crippen LogP contribution < -0.4 is 5.32 Å². The van der Waals surface area contributed by atoms with Crippen molar-refractivity contribution in [3.63, 3.8) is 0 Å². The number of nitrogens with one attached hydrogen (secondary N) is 1. The number of carbonyl (C=O) groups excluding carboxylic acids is 1. The molecule has 0 bridgehead atoms. The minimum Gasteiger partial charge on any atom is -0.372 e. The Bertz CT molecular complexity index is 485. The van der Waals surface area contributed by atoms with Crippen LogP contribution in [0.5, 0.6) is 0 Å². The molecule has 0 unspecified atom stereocenters. The van der Waals surface area contributed by atoms with Crippen LogP contribution in [0.3, 0.4) is 0 Å². The number of aryl methyl sites for hydroxylation is 1. The lowest BCUT2D eigenvalue weighted by Crippen LogP contribution is -2.58. The average Bonchev–Trinajstić information content (AvgIpc) is 2.31. The minimum absolute atomic E-state index is 0.0177. The molecule has 2 rings (SSSR count). The Balaban J connectivity index is 1.76. The minimum atomic E-state index is -0.0177. The van der Waals surface area contributed by atoms with Crippen molar-refractivity contribution in [3.05, 3.63) is 33.8 Å². The Morgan fingerprint density at radius 1 is 1.50 bits per heavy atom. The number of halogens is 1. The first-order chi connectivity index (χ1) is 9.45. The van der Waals surface area contributed by atoms with E-state index < -0.39 is 0 Å². The molecule has 1 N–H and O–H groups in total. The highest BCUT2D eigenvalue weighted by Crippen LogP contribution is 2.17. The van der Waals surface area contributed by atoms with Crippen molar-refractivity contribution in [3.8, 4) is 0 Å². The lowest BCUT2D eigenvalue weighted by atomic mass is 10.1. The number of urea groups is 1. The van der Waals surface area contributed by atoms with Gasteiger partial charge in [0.1, 0.15) is 0 Å². The van der Waals surface area contributed by atoms with Gasteiger partial charge in [0.25, 0.3) is 0 Å². The number of carbonyl (C=O) groups is 1. The predicted octanol–water partition coefficient (Wildman–Crippen LogP) is 3.08. The molecular formula is C15H21BrN2O2. The molecule has 1 fully saturated rings. The number of likely N-dealkylation sites (tertiary alicyclic amines) is 1. The summed E-state index contributed by atoms with van der Waals surface area (Å²) >= 11 is 3.44. The SMILES string of the molecule is Cc1cc(Br)ccc1CNC(=O)N1CC(OC(C)C)C1. The summed E-state index contributed by atoms with van der Waals surface area (Å²) in [6.07, 6.45) is 0.408. The second-order valence-corrected chi connectivity index (χ2v) is 6.36. The van der Waals surface area contributed by atoms with Crippen LogP contribution in [-0.4, -0.2) is 36.2 Å². The van der Waals surface area contributed by atoms with Gasteiger partial charge in [0.05, 0.1) is 25.3 Å². The van der Waals surface area contributed by atoms with Gasteiger partial charge < -0.3 is 15.0 Å². The van der Waals surface area contributed by atoms with Crippen LogP contribution in [0.4, 0.5) is 4.79 Å². The van der Waals surface area contributed by atoms with Gasteiger partial charge in [-0.05, 0) is 44.0 Å². The highest BCUT2D eigenvalue weighted by atomic mass is 79.9. The van der Waals surface area contributed by atoms with Crippen LogP contribution in [0.1, 0.15) is 25.0 Å². The lowest BCUT2D eigenvalue weighted by Gasteiger charge is -2.39. The number of ether oxygens (including phenoxy) is 1. The summed E-state index contributed by atoms with van der Waals surface area (Å²) in [5, 5.41) is 2.95. The third kappa shape index (κ3) is 3.96. The highest BCUT2D eigenvalue weighted by molar-refractivity contribution is 9.10. The number of amides is 2. The molecule has 1 aliphatic heterocycles. The summed E-state index contributed by atoms with van der Waals surface area (Å²) in [7, 11) is 0. The van der Waals surface area contributed by atoms with Crippen LogP contribution in [0.25, 0.3) is 0 Å². The van der Waals surface area contributed by atoms with Crippen molar-refractivity contribution >= 4 is 22.0 Å². The fourth-order valence-corrected chi connectivity index (χ4v) is 2.69. The van der Waals surface area contributed by atoms with Crippen molar-refractivity contribution in [1.29, 1.82) is 0 Å². The number of rotatable bonds is 4. The van der Waals surface area contributed by atoms with Gasteiger partial charge in [0, 0.05) is 11.0 Å². The van der Waals surface area contributed by atoms with E-state index in [-0.39, 0.29) is 18.2 Å². The van der Waals surface area contributed by atoms with E-state index in [9.17, 15) is 4.79 Å². The molecule has 1 aromatic carbocycles. The zero-order valence-corrected chi connectivity index (χ0v) is 13.7. The second-order valence-electron chi connectivity index (χ2n) is 5.44. The van der Waals surface area contributed by atoms with Gasteiger partial charge in [0.15, 0.2) is 0 Å². The van der Waals surface area contributed by atoms with E-state index in [2.05, 4.69) is 27.3 Å². The Labute approximate surface area is 128 Å². The summed E-state index contributed by atoms with van der Waals surface area (Å²) in [5.41, 5.74) is 2.31. The smallest absolute Gasteiger partial charge is 0.317 e. The van der Waals surface area contributed by atoms with E-state index in [4.69, 9.17) is 4.74 Å². The third-order valence-corrected chi connectivity index (χ3v) is 3.83. The van der Waals surface area contributed by atoms with Crippen molar-refractivity contribution in [2.75, 3.05) is 13.1 Å². The molecule has 1 aromatic rings. The summed E-state index contributed by atoms with van der Waals surface area (Å²) in [5.74, 6) is 0. The molecule has 1 aliphatic rings. The molecule has 0 saturated carbocycles. The van der Waals surface area contributed by atoms with E-state index in [1.807, 2.05) is 32.9 Å². The predicted molar refractivity (Wildman–Crippen MR) is 82.7 cm³/mol. The molecular weight excluding hydrogens is 320 g/mol. The first-order valence-corrected chi connectivity index (χ1v) is 7.68. The number of hydrogen-bond donors (Lipinski definition) is 1. The normalized spacial score (nSPS) is 15.3. The largest absolute Gasteiger partial charge is 0.372 e. The summed E-state index contributed by atoms with van der Waals surface area (Å²) < 4.78 is 6.69. The van der Waals surface area contributed by atoms with E-state index in [1.54, 1.807) is 4.90 Å². The molecule has 5 heteroatoms. The Morgan fingerprint density at radius 3 is 2.80 bits per heavy atom. The third-order valence-electron chi connectivity index (χ3n) is 3.33. The van der Waals surface area contributed by atoms with Crippen LogP contribution in [0.2, 0.25) is 0 Å². The van der Waals surface area contributed by atoms with Gasteiger partial charge in [0.2, 0.25) is 0 Å². The summed E-state index contributed by atoms with van der Waals surface area (Å²) in [4.78, 5) is 13.7. The number of hydrogen-bond acceptors (Lipinski definition) is 2. The van der Waals surface area contributed by atoms with Gasteiger partial charge in [-0.15, -0.1) is 0 Å². The van der Waals surface area contributed by atoms with Crippen LogP contribution in [0, 0.1) is 6.92 Å². The fourth-order valence-electron chi connectivity index (χ4n) is 2.22. The lowest BCUT2D eigenvalue weighted by molar-refractivity contribution is -0.0641. The molecule has 1 heterocycles. The number of nitrogens with zero attached hydrogens (tertiary/aromatic N) is 1. The Hall–Kier alpha value is -1.07. The molecule has 0 aliphatic carbocycles. The zero-order chi connectivity index (χ0) is 14.7. The molecule has 2 amide bonds. The van der Waals surface area contributed by atoms with E-state index in [0.717, 1.165) is 10.0 Å². The molecule has 20 heavy (non-hydrogen) atoms. The fraction of sp³-hybridized carbons (Fsp3) is 0.533. The second kappa shape index (κ2) is 6.59. The molecule has 4 nitrogen and oxygen atoms in total. The van der Waals surface area contributed by atoms with E-state index in [1.165, 1.54) is 5.56 Å². The standard InChI is InChI=1S/C15H21BrN2O2/c1-10(2)20-14-8-18(9-14)15(19)17-7-12-4-5-13(16)6-11(12)3/h4-6,10,14H,7-9H2,1-3H3,(H,17,19). The average molecular weight is 341 g/mol. The van der Waals surface area contributed by atoms with Gasteiger partial charge in [-0.3, -0.25) is 0 Å². The molecule has 0 aromatic heterocycles. The van der Waals surface area contributed by atoms with Gasteiger partial charge in [-0.1, -0.05) is 22.0 Å². The van der Waals surface area contributed by atoms with Gasteiger partial charge >= 0.3 is 6.03 Å². The van der Waals surface area contributed by atoms with Crippen molar-refractivity contribution in [1.82, 2.24) is 10.2 Å². The molecule has 0 radical (unpaired) electrons. The maximum atomic E-state index is 12.0. The summed E-state index contributed by atoms with van der Waals surface area (Å²) in [6.45, 7) is 8.00. The topological polar surface area (TPSA) is 41.6 Å². The number of benzene rings is 1. The quantitative estimate of drug-likeness (QED) is 0.915. The maximum Gasteiger partial charge on any atom is 0.317 e. The Morgan fingerprint density at radius 2 is 2.20 bits per heavy atom. The van der Waals surface area contributed by atoms with Crippen LogP contribution in [-0.2, 0) is 11.3 Å². The highest BCUT2D eigenvalue weighted by Gasteiger charge is 2.31. The molecule has 0 spiro atoms. The first-order valence-electron chi connectivity index (χ1n) is 6.89. The first kappa shape index (κ1) is 15.3. The summed E-state index contributed by atoms with van der Waals surface area (Å²) in [6, 6.07) is 6.05. The Kier molecular flexibility index (Phi) is 5.05. The maximum absolute atomic E-state index is 12.0. The molecule has 1 saturated heterocycles. The monoisotopic (exact) mass is 340 g/mol. The van der Waals surface area contributed by atoms with Gasteiger partial charge in [-0.25, -0.2) is 4.79 Å². The zero-order valence-electron chi connectivity index (χ0n) is 12.1. The van der Waals surface area contributed by atoms with E-state index >= 15 is 0 Å². The van der Waals surface area contributed by atoms with Gasteiger partial charge in [-0.2, -0.15) is 0 Å². The van der Waals surface area contributed by atoms with Crippen molar-refractivity contribution in [2.45, 2.75) is 39.5 Å². The van der Waals surface area contributed by atoms with Crippen LogP contribution in [0.15, 0.2) is 22.7 Å².